The fourth-order valence-corrected chi connectivity index (χ4v) is 0.582. The second-order valence-electron chi connectivity index (χ2n) is 1.56. The highest BCUT2D eigenvalue weighted by molar-refractivity contribution is 14.1. The van der Waals surface area contributed by atoms with Crippen LogP contribution < -0.4 is 0 Å². The first kappa shape index (κ1) is 9.81. The molecule has 0 saturated heterocycles. The molecule has 0 aliphatic carbocycles. The zero-order chi connectivity index (χ0) is 7.71. The molecule has 0 aromatic rings. The zero-order valence-corrected chi connectivity index (χ0v) is 7.51. The Bertz CT molecular complexity index is 98.5. The smallest absolute Gasteiger partial charge is 0.219 e. The van der Waals surface area contributed by atoms with Crippen molar-refractivity contribution in [3.63, 3.8) is 0 Å². The quantitative estimate of drug-likeness (QED) is 0.534. The normalized spacial score (nSPS) is 19.3. The minimum absolute atomic E-state index is 0.398. The van der Waals surface area contributed by atoms with E-state index in [1.807, 2.05) is 0 Å². The van der Waals surface area contributed by atoms with Crippen molar-refractivity contribution in [1.82, 2.24) is 0 Å². The number of hydrogen-bond donors (Lipinski definition) is 0. The van der Waals surface area contributed by atoms with Gasteiger partial charge in [-0.25, -0.2) is 4.39 Å². The lowest BCUT2D eigenvalue weighted by Crippen LogP contribution is -2.32. The predicted molar refractivity (Wildman–Crippen MR) is 39.0 cm³/mol. The van der Waals surface area contributed by atoms with Gasteiger partial charge in [-0.15, -0.1) is 0 Å². The van der Waals surface area contributed by atoms with Gasteiger partial charge >= 0.3 is 3.93 Å². The first-order chi connectivity index (χ1) is 3.81. The summed E-state index contributed by atoms with van der Waals surface area (Å²) in [5.41, 5.74) is 0. The van der Waals surface area contributed by atoms with E-state index in [0.29, 0.717) is 22.6 Å². The van der Waals surface area contributed by atoms with Crippen LogP contribution in [0.1, 0.15) is 13.3 Å². The second-order valence-corrected chi connectivity index (χ2v) is 3.51. The number of halogens is 5. The summed E-state index contributed by atoms with van der Waals surface area (Å²) in [5.74, 6) is 0. The molecular formula is C4H5ClF3I. The Morgan fingerprint density at radius 3 is 1.78 bits per heavy atom. The third-order valence-electron chi connectivity index (χ3n) is 0.859. The summed E-state index contributed by atoms with van der Waals surface area (Å²) in [7, 11) is 0. The lowest BCUT2D eigenvalue weighted by atomic mass is 10.3. The third-order valence-corrected chi connectivity index (χ3v) is 2.54. The molecule has 0 nitrogen and oxygen atoms in total. The van der Waals surface area contributed by atoms with Gasteiger partial charge in [0.1, 0.15) is 0 Å². The summed E-state index contributed by atoms with van der Waals surface area (Å²) in [5, 5.41) is -2.90. The molecule has 0 spiro atoms. The molecule has 0 amide bonds. The molecule has 0 N–H and O–H groups in total. The fraction of sp³-hybridized carbons (Fsp3) is 1.00. The first-order valence-electron chi connectivity index (χ1n) is 2.26. The Morgan fingerprint density at radius 1 is 1.44 bits per heavy atom. The predicted octanol–water partition coefficient (Wildman–Crippen LogP) is 3.33. The van der Waals surface area contributed by atoms with Crippen molar-refractivity contribution >= 4 is 34.2 Å². The summed E-state index contributed by atoms with van der Waals surface area (Å²) in [6.45, 7) is 1.26. The van der Waals surface area contributed by atoms with Crippen LogP contribution in [-0.4, -0.2) is 9.06 Å². The van der Waals surface area contributed by atoms with E-state index >= 15 is 0 Å². The topological polar surface area (TPSA) is 0 Å². The molecule has 56 valence electrons. The van der Waals surface area contributed by atoms with E-state index in [1.54, 1.807) is 0 Å². The third kappa shape index (κ3) is 2.49. The maximum atomic E-state index is 12.3. The van der Waals surface area contributed by atoms with Gasteiger partial charge in [-0.3, -0.25) is 0 Å². The van der Waals surface area contributed by atoms with Gasteiger partial charge in [0.25, 0.3) is 5.13 Å². The Balaban J connectivity index is 4.14. The van der Waals surface area contributed by atoms with Crippen LogP contribution in [0.2, 0.25) is 0 Å². The lowest BCUT2D eigenvalue weighted by molar-refractivity contribution is 0.00307. The van der Waals surface area contributed by atoms with Crippen molar-refractivity contribution < 1.29 is 13.2 Å². The highest BCUT2D eigenvalue weighted by Crippen LogP contribution is 2.43. The lowest BCUT2D eigenvalue weighted by Gasteiger charge is -2.20. The molecule has 0 bridgehead atoms. The van der Waals surface area contributed by atoms with Crippen molar-refractivity contribution in [2.75, 3.05) is 0 Å². The van der Waals surface area contributed by atoms with Crippen molar-refractivity contribution in [2.24, 2.45) is 0 Å². The fourth-order valence-electron chi connectivity index (χ4n) is 0.200. The van der Waals surface area contributed by atoms with E-state index in [1.165, 1.54) is 6.92 Å². The Morgan fingerprint density at radius 2 is 1.78 bits per heavy atom. The molecule has 0 saturated carbocycles. The standard InChI is InChI=1S/C4H5ClF3I/c1-2-3(5,6)4(7,8)9/h2H2,1H3. The molecule has 0 fully saturated rings. The molecule has 0 radical (unpaired) electrons. The number of alkyl halides is 5. The summed E-state index contributed by atoms with van der Waals surface area (Å²) in [6, 6.07) is 0. The van der Waals surface area contributed by atoms with Crippen LogP contribution in [0, 0.1) is 0 Å². The minimum Gasteiger partial charge on any atom is -0.219 e. The van der Waals surface area contributed by atoms with E-state index in [9.17, 15) is 13.2 Å². The van der Waals surface area contributed by atoms with Gasteiger partial charge in [-0.1, -0.05) is 18.5 Å². The highest BCUT2D eigenvalue weighted by atomic mass is 127. The zero-order valence-electron chi connectivity index (χ0n) is 4.60. The Kier molecular flexibility index (Phi) is 3.07. The second kappa shape index (κ2) is 2.82. The van der Waals surface area contributed by atoms with Gasteiger partial charge in [0, 0.05) is 22.6 Å². The molecule has 1 unspecified atom stereocenters. The number of hydrogen-bond acceptors (Lipinski definition) is 0. The van der Waals surface area contributed by atoms with E-state index in [0.717, 1.165) is 0 Å². The Hall–Kier alpha value is 0.810. The van der Waals surface area contributed by atoms with E-state index in [-0.39, 0.29) is 0 Å². The monoisotopic (exact) mass is 272 g/mol. The molecule has 5 heteroatoms. The van der Waals surface area contributed by atoms with Crippen LogP contribution in [0.25, 0.3) is 0 Å². The van der Waals surface area contributed by atoms with Crippen molar-refractivity contribution in [2.45, 2.75) is 22.4 Å². The maximum absolute atomic E-state index is 12.3. The Labute approximate surface area is 69.9 Å². The largest absolute Gasteiger partial charge is 0.343 e. The van der Waals surface area contributed by atoms with Crippen molar-refractivity contribution in [3.05, 3.63) is 0 Å². The summed E-state index contributed by atoms with van der Waals surface area (Å²) >= 11 is 5.45. The van der Waals surface area contributed by atoms with Crippen molar-refractivity contribution in [1.29, 1.82) is 0 Å². The SMILES string of the molecule is CCC(F)(Cl)C(F)(F)I. The molecule has 0 rings (SSSR count). The van der Waals surface area contributed by atoms with Crippen LogP contribution in [-0.2, 0) is 0 Å². The van der Waals surface area contributed by atoms with Crippen molar-refractivity contribution in [3.8, 4) is 0 Å². The average Bonchev–Trinajstić information content (AvgIpc) is 1.64. The van der Waals surface area contributed by atoms with Gasteiger partial charge in [0.15, 0.2) is 0 Å². The van der Waals surface area contributed by atoms with E-state index in [4.69, 9.17) is 11.6 Å². The van der Waals surface area contributed by atoms with Gasteiger partial charge in [-0.05, 0) is 6.42 Å². The van der Waals surface area contributed by atoms with E-state index < -0.39 is 15.5 Å². The van der Waals surface area contributed by atoms with Crippen LogP contribution in [0.15, 0.2) is 0 Å². The van der Waals surface area contributed by atoms with Crippen LogP contribution in [0.4, 0.5) is 13.2 Å². The average molecular weight is 272 g/mol. The summed E-state index contributed by atoms with van der Waals surface area (Å²) in [4.78, 5) is 0. The maximum Gasteiger partial charge on any atom is 0.343 e. The first-order valence-corrected chi connectivity index (χ1v) is 3.71. The van der Waals surface area contributed by atoms with Gasteiger partial charge in [-0.2, -0.15) is 8.78 Å². The van der Waals surface area contributed by atoms with Crippen LogP contribution in [0.5, 0.6) is 0 Å². The van der Waals surface area contributed by atoms with Gasteiger partial charge in [0.2, 0.25) is 0 Å². The molecule has 0 aromatic carbocycles. The van der Waals surface area contributed by atoms with Crippen LogP contribution >= 0.6 is 34.2 Å². The minimum atomic E-state index is -3.49. The van der Waals surface area contributed by atoms with Gasteiger partial charge in [0.05, 0.1) is 0 Å². The molecule has 1 atom stereocenters. The van der Waals surface area contributed by atoms with Crippen LogP contribution in [0.3, 0.4) is 0 Å². The molecule has 0 aliphatic rings. The van der Waals surface area contributed by atoms with E-state index in [2.05, 4.69) is 0 Å². The summed E-state index contributed by atoms with van der Waals surface area (Å²) < 4.78 is 32.8. The molecule has 0 aromatic heterocycles. The summed E-state index contributed by atoms with van der Waals surface area (Å²) in [6.07, 6.45) is -0.398. The molecule has 0 aliphatic heterocycles. The molecule has 9 heavy (non-hydrogen) atoms. The molecule has 0 heterocycles. The highest BCUT2D eigenvalue weighted by Gasteiger charge is 2.49. The van der Waals surface area contributed by atoms with Gasteiger partial charge < -0.3 is 0 Å². The number of rotatable bonds is 2. The molecular weight excluding hydrogens is 267 g/mol.